The Balaban J connectivity index is 1.87. The summed E-state index contributed by atoms with van der Waals surface area (Å²) in [5, 5.41) is 0. The highest BCUT2D eigenvalue weighted by atomic mass is 17.3. The largest absolute Gasteiger partial charge is 0.497 e. The first-order chi connectivity index (χ1) is 16.6. The fourth-order valence-corrected chi connectivity index (χ4v) is 2.97. The summed E-state index contributed by atoms with van der Waals surface area (Å²) in [6, 6.07) is 12.7. The smallest absolute Gasteiger partial charge is 0.373 e. The predicted molar refractivity (Wildman–Crippen MR) is 125 cm³/mol. The summed E-state index contributed by atoms with van der Waals surface area (Å²) in [4.78, 5) is 44.5. The summed E-state index contributed by atoms with van der Waals surface area (Å²) >= 11 is 0. The maximum absolute atomic E-state index is 12.3. The van der Waals surface area contributed by atoms with Crippen molar-refractivity contribution in [2.75, 3.05) is 14.2 Å². The van der Waals surface area contributed by atoms with Crippen LogP contribution >= 0.6 is 0 Å². The van der Waals surface area contributed by atoms with Crippen molar-refractivity contribution >= 4 is 11.9 Å². The highest BCUT2D eigenvalue weighted by Gasteiger charge is 2.21. The fourth-order valence-electron chi connectivity index (χ4n) is 2.97. The lowest BCUT2D eigenvalue weighted by Gasteiger charge is -2.14. The van der Waals surface area contributed by atoms with Crippen LogP contribution in [0, 0.1) is 13.2 Å². The van der Waals surface area contributed by atoms with Gasteiger partial charge in [0, 0.05) is 6.42 Å². The molecule has 8 heteroatoms. The molecule has 34 heavy (non-hydrogen) atoms. The molecule has 8 nitrogen and oxygen atoms in total. The predicted octanol–water partition coefficient (Wildman–Crippen LogP) is 6.03. The van der Waals surface area contributed by atoms with E-state index >= 15 is 0 Å². The second kappa shape index (κ2) is 15.7. The van der Waals surface area contributed by atoms with Crippen LogP contribution in [-0.2, 0) is 19.6 Å². The molecule has 0 unspecified atom stereocenters. The van der Waals surface area contributed by atoms with Gasteiger partial charge in [0.05, 0.1) is 25.3 Å². The van der Waals surface area contributed by atoms with Crippen LogP contribution in [0.2, 0.25) is 0 Å². The summed E-state index contributed by atoms with van der Waals surface area (Å²) in [5.74, 6) is -0.237. The van der Waals surface area contributed by atoms with E-state index in [2.05, 4.69) is 6.92 Å². The van der Waals surface area contributed by atoms with Crippen LogP contribution in [0.4, 0.5) is 0 Å². The Hall–Kier alpha value is -3.10. The summed E-state index contributed by atoms with van der Waals surface area (Å²) in [5.41, 5.74) is 0.529. The Morgan fingerprint density at radius 1 is 0.618 bits per heavy atom. The topological polar surface area (TPSA) is 89.5 Å². The molecule has 2 aromatic rings. The minimum absolute atomic E-state index is 0.124. The highest BCUT2D eigenvalue weighted by molar-refractivity contribution is 5.89. The Kier molecular flexibility index (Phi) is 12.5. The molecule has 2 radical (unpaired) electrons. The molecule has 0 amide bonds. The van der Waals surface area contributed by atoms with Crippen LogP contribution in [0.5, 0.6) is 11.5 Å². The number of hydrogen-bond donors (Lipinski definition) is 0. The van der Waals surface area contributed by atoms with Gasteiger partial charge in [-0.2, -0.15) is 0 Å². The molecule has 0 spiro atoms. The number of rotatable bonds is 16. The maximum atomic E-state index is 12.3. The van der Waals surface area contributed by atoms with Crippen LogP contribution in [0.15, 0.2) is 48.5 Å². The first-order valence-corrected chi connectivity index (χ1v) is 11.3. The Labute approximate surface area is 200 Å². The van der Waals surface area contributed by atoms with Crippen molar-refractivity contribution in [2.45, 2.75) is 51.4 Å². The monoisotopic (exact) mass is 472 g/mol. The van der Waals surface area contributed by atoms with Gasteiger partial charge in [0.15, 0.2) is 0 Å². The first-order valence-electron chi connectivity index (χ1n) is 11.3. The van der Waals surface area contributed by atoms with Crippen molar-refractivity contribution in [3.8, 4) is 11.5 Å². The Morgan fingerprint density at radius 2 is 1.03 bits per heavy atom. The van der Waals surface area contributed by atoms with E-state index in [1.807, 2.05) is 0 Å². The zero-order chi connectivity index (χ0) is 24.6. The summed E-state index contributed by atoms with van der Waals surface area (Å²) in [7, 11) is 3.06. The van der Waals surface area contributed by atoms with Gasteiger partial charge < -0.3 is 9.47 Å². The second-order valence-electron chi connectivity index (χ2n) is 7.46. The standard InChI is InChI=1S/C26H32O8/c1-4-5-6-7-8-9-10-11-24(31-33-25(27)20-12-16-22(29-2)17-13-20)32-34-26(28)21-14-18-23(30-3)19-15-21/h12-19H,1,4-11H2,2-3H3. The van der Waals surface area contributed by atoms with Gasteiger partial charge in [-0.3, -0.25) is 9.78 Å². The van der Waals surface area contributed by atoms with Crippen LogP contribution in [0.1, 0.15) is 72.1 Å². The van der Waals surface area contributed by atoms with E-state index in [1.165, 1.54) is 14.2 Å². The second-order valence-corrected chi connectivity index (χ2v) is 7.46. The lowest BCUT2D eigenvalue weighted by atomic mass is 10.1. The Morgan fingerprint density at radius 3 is 1.44 bits per heavy atom. The third-order valence-corrected chi connectivity index (χ3v) is 4.95. The molecular formula is C26H32O8. The number of benzene rings is 2. The van der Waals surface area contributed by atoms with Crippen LogP contribution < -0.4 is 9.47 Å². The van der Waals surface area contributed by atoms with Gasteiger partial charge in [-0.25, -0.2) is 9.59 Å². The Bertz CT molecular complexity index is 785. The maximum Gasteiger partial charge on any atom is 0.373 e. The van der Waals surface area contributed by atoms with Gasteiger partial charge in [0.1, 0.15) is 11.5 Å². The molecule has 0 aliphatic rings. The molecule has 0 bridgehead atoms. The number of unbranched alkanes of at least 4 members (excludes halogenated alkanes) is 6. The van der Waals surface area contributed by atoms with E-state index in [0.29, 0.717) is 24.3 Å². The molecule has 2 aromatic carbocycles. The number of carbonyl (C=O) groups excluding carboxylic acids is 2. The molecule has 2 rings (SSSR count). The van der Waals surface area contributed by atoms with Crippen molar-refractivity contribution < 1.29 is 38.6 Å². The minimum Gasteiger partial charge on any atom is -0.497 e. The third-order valence-electron chi connectivity index (χ3n) is 4.95. The third kappa shape index (κ3) is 9.80. The van der Waals surface area contributed by atoms with E-state index < -0.39 is 11.9 Å². The fraction of sp³-hybridized carbons (Fsp3) is 0.385. The molecule has 0 saturated carbocycles. The number of ether oxygens (including phenoxy) is 2. The molecule has 0 aliphatic heterocycles. The van der Waals surface area contributed by atoms with Gasteiger partial charge in [-0.15, -0.1) is 9.78 Å². The molecule has 0 heterocycles. The quantitative estimate of drug-likeness (QED) is 0.166. The zero-order valence-electron chi connectivity index (χ0n) is 19.7. The molecular weight excluding hydrogens is 440 g/mol. The lowest BCUT2D eigenvalue weighted by molar-refractivity contribution is -0.363. The summed E-state index contributed by atoms with van der Waals surface area (Å²) < 4.78 is 10.1. The number of methoxy groups -OCH3 is 2. The van der Waals surface area contributed by atoms with E-state index in [9.17, 15) is 9.59 Å². The van der Waals surface area contributed by atoms with Crippen LogP contribution in [0.3, 0.4) is 0 Å². The minimum atomic E-state index is -0.724. The van der Waals surface area contributed by atoms with E-state index in [4.69, 9.17) is 29.0 Å². The molecule has 0 fully saturated rings. The van der Waals surface area contributed by atoms with E-state index in [-0.39, 0.29) is 17.4 Å². The van der Waals surface area contributed by atoms with E-state index in [0.717, 1.165) is 38.5 Å². The van der Waals surface area contributed by atoms with Crippen molar-refractivity contribution in [3.63, 3.8) is 0 Å². The van der Waals surface area contributed by atoms with Gasteiger partial charge in [-0.1, -0.05) is 45.4 Å². The lowest BCUT2D eigenvalue weighted by Crippen LogP contribution is -2.16. The van der Waals surface area contributed by atoms with E-state index in [1.54, 1.807) is 48.5 Å². The van der Waals surface area contributed by atoms with Gasteiger partial charge in [0.25, 0.3) is 0 Å². The van der Waals surface area contributed by atoms with Crippen molar-refractivity contribution in [1.29, 1.82) is 0 Å². The van der Waals surface area contributed by atoms with Gasteiger partial charge >= 0.3 is 18.2 Å². The van der Waals surface area contributed by atoms with Crippen LogP contribution in [0.25, 0.3) is 0 Å². The van der Waals surface area contributed by atoms with Crippen molar-refractivity contribution in [3.05, 3.63) is 72.9 Å². The van der Waals surface area contributed by atoms with Crippen molar-refractivity contribution in [1.82, 2.24) is 0 Å². The molecule has 184 valence electrons. The highest BCUT2D eigenvalue weighted by Crippen LogP contribution is 2.20. The molecule has 0 atom stereocenters. The average Bonchev–Trinajstić information content (AvgIpc) is 2.88. The van der Waals surface area contributed by atoms with Gasteiger partial charge in [0.2, 0.25) is 0 Å². The first kappa shape index (κ1) is 27.1. The van der Waals surface area contributed by atoms with Crippen molar-refractivity contribution in [2.24, 2.45) is 0 Å². The molecule has 0 N–H and O–H groups in total. The summed E-state index contributed by atoms with van der Waals surface area (Å²) in [6.45, 7) is 3.84. The SMILES string of the molecule is [CH2]CCCCCCCC[C](OOC(=O)c1ccc(OC)cc1)OOC(=O)c1ccc(OC)cc1. The number of hydrogen-bond acceptors (Lipinski definition) is 8. The zero-order valence-corrected chi connectivity index (χ0v) is 19.7. The summed E-state index contributed by atoms with van der Waals surface area (Å²) in [6.07, 6.45) is 7.17. The normalized spacial score (nSPS) is 10.7. The van der Waals surface area contributed by atoms with Gasteiger partial charge in [-0.05, 0) is 55.0 Å². The molecule has 0 aliphatic carbocycles. The van der Waals surface area contributed by atoms with Crippen LogP contribution in [-0.4, -0.2) is 26.2 Å². The average molecular weight is 473 g/mol. The number of carbonyl (C=O) groups is 2. The molecule has 0 aromatic heterocycles. The molecule has 0 saturated heterocycles.